The van der Waals surface area contributed by atoms with Crippen molar-refractivity contribution in [3.05, 3.63) is 82.5 Å². The van der Waals surface area contributed by atoms with E-state index in [1.54, 1.807) is 0 Å². The molecule has 2 heterocycles. The Balaban J connectivity index is 1.55. The van der Waals surface area contributed by atoms with E-state index >= 15 is 0 Å². The number of carbonyl (C=O) groups is 1. The van der Waals surface area contributed by atoms with E-state index in [1.165, 1.54) is 22.5 Å². The lowest BCUT2D eigenvalue weighted by Gasteiger charge is -2.05. The van der Waals surface area contributed by atoms with Crippen LogP contribution in [0.15, 0.2) is 60.1 Å². The van der Waals surface area contributed by atoms with Crippen molar-refractivity contribution in [2.75, 3.05) is 0 Å². The van der Waals surface area contributed by atoms with Crippen molar-refractivity contribution in [1.29, 1.82) is 0 Å². The number of hydrogen-bond acceptors (Lipinski definition) is 3. The third-order valence-corrected chi connectivity index (χ3v) is 5.20. The Labute approximate surface area is 156 Å². The molecular weight excluding hydrogens is 342 g/mol. The molecule has 2 aromatic carbocycles. The molecule has 0 spiro atoms. The second-order valence-corrected chi connectivity index (χ2v) is 7.27. The molecular formula is C21H19N3OS. The number of rotatable bonds is 4. The number of hydrogen-bond donors (Lipinski definition) is 1. The van der Waals surface area contributed by atoms with Gasteiger partial charge in [0.15, 0.2) is 4.96 Å². The summed E-state index contributed by atoms with van der Waals surface area (Å²) in [6.07, 6.45) is 1.93. The van der Waals surface area contributed by atoms with Crippen molar-refractivity contribution in [3.63, 3.8) is 0 Å². The minimum atomic E-state index is -0.0929. The number of thiazole rings is 1. The van der Waals surface area contributed by atoms with Gasteiger partial charge in [-0.15, -0.1) is 11.3 Å². The quantitative estimate of drug-likeness (QED) is 0.577. The van der Waals surface area contributed by atoms with E-state index in [1.807, 2.05) is 40.2 Å². The first-order valence-corrected chi connectivity index (χ1v) is 9.35. The van der Waals surface area contributed by atoms with Gasteiger partial charge in [-0.3, -0.25) is 9.20 Å². The zero-order chi connectivity index (χ0) is 18.1. The van der Waals surface area contributed by atoms with Crippen LogP contribution >= 0.6 is 11.3 Å². The highest BCUT2D eigenvalue weighted by Crippen LogP contribution is 2.24. The van der Waals surface area contributed by atoms with Crippen molar-refractivity contribution in [3.8, 4) is 11.3 Å². The lowest BCUT2D eigenvalue weighted by atomic mass is 10.1. The molecule has 5 heteroatoms. The molecule has 1 N–H and O–H groups in total. The first-order valence-electron chi connectivity index (χ1n) is 8.47. The Morgan fingerprint density at radius 2 is 1.69 bits per heavy atom. The van der Waals surface area contributed by atoms with Gasteiger partial charge in [-0.1, -0.05) is 59.7 Å². The Morgan fingerprint density at radius 1 is 1.04 bits per heavy atom. The molecule has 1 amide bonds. The Hall–Kier alpha value is -2.92. The molecule has 0 aliphatic heterocycles. The number of nitrogens with one attached hydrogen (secondary N) is 1. The van der Waals surface area contributed by atoms with Crippen LogP contribution in [0.3, 0.4) is 0 Å². The highest BCUT2D eigenvalue weighted by Gasteiger charge is 2.15. The molecule has 4 nitrogen and oxygen atoms in total. The Kier molecular flexibility index (Phi) is 4.31. The van der Waals surface area contributed by atoms with Gasteiger partial charge in [0.25, 0.3) is 5.91 Å². The molecule has 0 atom stereocenters. The zero-order valence-corrected chi connectivity index (χ0v) is 15.5. The first kappa shape index (κ1) is 16.5. The molecule has 26 heavy (non-hydrogen) atoms. The van der Waals surface area contributed by atoms with E-state index < -0.39 is 0 Å². The fourth-order valence-electron chi connectivity index (χ4n) is 2.79. The summed E-state index contributed by atoms with van der Waals surface area (Å²) in [6.45, 7) is 4.62. The molecule has 0 saturated carbocycles. The number of carbonyl (C=O) groups excluding carboxylic acids is 1. The van der Waals surface area contributed by atoms with E-state index in [2.05, 4.69) is 48.4 Å². The van der Waals surface area contributed by atoms with Crippen LogP contribution in [0.5, 0.6) is 0 Å². The summed E-state index contributed by atoms with van der Waals surface area (Å²) in [4.78, 5) is 18.1. The van der Waals surface area contributed by atoms with Crippen molar-refractivity contribution in [2.45, 2.75) is 20.4 Å². The minimum Gasteiger partial charge on any atom is -0.347 e. The van der Waals surface area contributed by atoms with Crippen molar-refractivity contribution in [2.24, 2.45) is 0 Å². The summed E-state index contributed by atoms with van der Waals surface area (Å²) in [6, 6.07) is 16.4. The minimum absolute atomic E-state index is 0.0929. The Morgan fingerprint density at radius 3 is 2.38 bits per heavy atom. The second kappa shape index (κ2) is 6.77. The van der Waals surface area contributed by atoms with Gasteiger partial charge < -0.3 is 5.32 Å². The molecule has 130 valence electrons. The third kappa shape index (κ3) is 3.26. The lowest BCUT2D eigenvalue weighted by molar-refractivity contribution is 0.0945. The van der Waals surface area contributed by atoms with Gasteiger partial charge in [0.2, 0.25) is 0 Å². The zero-order valence-electron chi connectivity index (χ0n) is 14.7. The molecule has 0 bridgehead atoms. The average molecular weight is 361 g/mol. The molecule has 4 aromatic rings. The number of aromatic nitrogens is 2. The number of amides is 1. The average Bonchev–Trinajstić information content (AvgIpc) is 3.22. The van der Waals surface area contributed by atoms with Gasteiger partial charge in [-0.25, -0.2) is 4.98 Å². The van der Waals surface area contributed by atoms with Gasteiger partial charge in [0.05, 0.1) is 5.69 Å². The molecule has 2 aromatic heterocycles. The highest BCUT2D eigenvalue weighted by atomic mass is 32.1. The standard InChI is InChI=1S/C21H19N3OS/c1-14-3-7-16(8-4-14)11-22-20(25)19-13-26-21-23-18(12-24(19)21)17-9-5-15(2)6-10-17/h3-10,12-13H,11H2,1-2H3,(H,22,25). The highest BCUT2D eigenvalue weighted by molar-refractivity contribution is 7.15. The van der Waals surface area contributed by atoms with Gasteiger partial charge in [-0.05, 0) is 19.4 Å². The molecule has 0 saturated heterocycles. The third-order valence-electron chi connectivity index (χ3n) is 4.36. The van der Waals surface area contributed by atoms with E-state index in [9.17, 15) is 4.79 Å². The molecule has 0 fully saturated rings. The van der Waals surface area contributed by atoms with E-state index in [4.69, 9.17) is 0 Å². The SMILES string of the molecule is Cc1ccc(CNC(=O)c2csc3nc(-c4ccc(C)cc4)cn23)cc1. The van der Waals surface area contributed by atoms with Gasteiger partial charge in [0.1, 0.15) is 5.69 Å². The van der Waals surface area contributed by atoms with Crippen molar-refractivity contribution < 1.29 is 4.79 Å². The van der Waals surface area contributed by atoms with Crippen LogP contribution in [-0.2, 0) is 6.54 Å². The normalized spacial score (nSPS) is 11.0. The Bertz CT molecular complexity index is 1060. The molecule has 0 aliphatic carbocycles. The number of aryl methyl sites for hydroxylation is 2. The molecule has 0 radical (unpaired) electrons. The van der Waals surface area contributed by atoms with Crippen LogP contribution in [-0.4, -0.2) is 15.3 Å². The smallest absolute Gasteiger partial charge is 0.269 e. The topological polar surface area (TPSA) is 46.4 Å². The van der Waals surface area contributed by atoms with E-state index in [0.29, 0.717) is 12.2 Å². The van der Waals surface area contributed by atoms with Crippen molar-refractivity contribution >= 4 is 22.2 Å². The number of fused-ring (bicyclic) bond motifs is 1. The van der Waals surface area contributed by atoms with Crippen LogP contribution in [0.4, 0.5) is 0 Å². The van der Waals surface area contributed by atoms with Crippen LogP contribution in [0.1, 0.15) is 27.2 Å². The van der Waals surface area contributed by atoms with Crippen LogP contribution in [0.25, 0.3) is 16.2 Å². The van der Waals surface area contributed by atoms with Crippen LogP contribution < -0.4 is 5.32 Å². The summed E-state index contributed by atoms with van der Waals surface area (Å²) in [7, 11) is 0. The maximum atomic E-state index is 12.6. The van der Waals surface area contributed by atoms with Crippen LogP contribution in [0, 0.1) is 13.8 Å². The van der Waals surface area contributed by atoms with Crippen LogP contribution in [0.2, 0.25) is 0 Å². The predicted octanol–water partition coefficient (Wildman–Crippen LogP) is 4.61. The first-order chi connectivity index (χ1) is 12.6. The largest absolute Gasteiger partial charge is 0.347 e. The number of nitrogens with zero attached hydrogens (tertiary/aromatic N) is 2. The van der Waals surface area contributed by atoms with E-state index in [-0.39, 0.29) is 5.91 Å². The lowest BCUT2D eigenvalue weighted by Crippen LogP contribution is -2.23. The monoisotopic (exact) mass is 361 g/mol. The molecule has 0 aliphatic rings. The summed E-state index contributed by atoms with van der Waals surface area (Å²) in [5, 5.41) is 4.84. The van der Waals surface area contributed by atoms with Gasteiger partial charge >= 0.3 is 0 Å². The fourth-order valence-corrected chi connectivity index (χ4v) is 3.64. The maximum absolute atomic E-state index is 12.6. The number of imidazole rings is 1. The molecule has 0 unspecified atom stereocenters. The predicted molar refractivity (Wildman–Crippen MR) is 106 cm³/mol. The van der Waals surface area contributed by atoms with Gasteiger partial charge in [0, 0.05) is 23.7 Å². The van der Waals surface area contributed by atoms with Gasteiger partial charge in [-0.2, -0.15) is 0 Å². The summed E-state index contributed by atoms with van der Waals surface area (Å²) >= 11 is 1.48. The summed E-state index contributed by atoms with van der Waals surface area (Å²) in [5.41, 5.74) is 6.05. The van der Waals surface area contributed by atoms with E-state index in [0.717, 1.165) is 21.8 Å². The molecule has 4 rings (SSSR count). The maximum Gasteiger partial charge on any atom is 0.269 e. The fraction of sp³-hybridized carbons (Fsp3) is 0.143. The van der Waals surface area contributed by atoms with Crippen molar-refractivity contribution in [1.82, 2.24) is 14.7 Å². The summed E-state index contributed by atoms with van der Waals surface area (Å²) < 4.78 is 1.87. The number of benzene rings is 2. The second-order valence-electron chi connectivity index (χ2n) is 6.43. The summed E-state index contributed by atoms with van der Waals surface area (Å²) in [5.74, 6) is -0.0929.